The van der Waals surface area contributed by atoms with Gasteiger partial charge in [0.05, 0.1) is 0 Å². The number of aryl methyl sites for hydroxylation is 2. The van der Waals surface area contributed by atoms with Gasteiger partial charge in [-0.05, 0) is 42.5 Å². The number of hydrogen-bond donors (Lipinski definition) is 1. The maximum Gasteiger partial charge on any atom is 0.182 e. The van der Waals surface area contributed by atoms with Crippen molar-refractivity contribution in [2.24, 2.45) is 5.41 Å². The van der Waals surface area contributed by atoms with Crippen LogP contribution in [0.2, 0.25) is 0 Å². The Morgan fingerprint density at radius 1 is 1.10 bits per heavy atom. The van der Waals surface area contributed by atoms with Crippen LogP contribution in [0.25, 0.3) is 0 Å². The molecular formula is C17H27NO2. The van der Waals surface area contributed by atoms with E-state index in [1.165, 1.54) is 0 Å². The molecule has 0 saturated heterocycles. The van der Waals surface area contributed by atoms with E-state index in [4.69, 9.17) is 0 Å². The van der Waals surface area contributed by atoms with Crippen molar-refractivity contribution in [3.63, 3.8) is 0 Å². The van der Waals surface area contributed by atoms with Gasteiger partial charge >= 0.3 is 0 Å². The third kappa shape index (κ3) is 4.26. The van der Waals surface area contributed by atoms with Crippen LogP contribution in [-0.2, 0) is 0 Å². The second kappa shape index (κ2) is 5.47. The molecule has 0 saturated carbocycles. The summed E-state index contributed by atoms with van der Waals surface area (Å²) < 4.78 is 1.03. The normalized spacial score (nSPS) is 13.7. The molecule has 1 N–H and O–H groups in total. The summed E-state index contributed by atoms with van der Waals surface area (Å²) in [4.78, 5) is 0. The lowest BCUT2D eigenvalue weighted by Crippen LogP contribution is -2.37. The fraction of sp³-hybridized carbons (Fsp3) is 0.588. The molecule has 3 nitrogen and oxygen atoms in total. The molecule has 0 aliphatic rings. The summed E-state index contributed by atoms with van der Waals surface area (Å²) in [6, 6.07) is 3.67. The first-order valence-electron chi connectivity index (χ1n) is 7.04. The minimum atomic E-state index is -0.460. The van der Waals surface area contributed by atoms with Crippen LogP contribution in [0.3, 0.4) is 0 Å². The van der Waals surface area contributed by atoms with Gasteiger partial charge < -0.3 is 10.3 Å². The van der Waals surface area contributed by atoms with Crippen molar-refractivity contribution in [1.29, 1.82) is 0 Å². The maximum atomic E-state index is 12.4. The SMILES string of the molecule is Cc1cc(/C=[N+](\[O-])C(C)(C)CC(C)(C)C)cc(C)c1O. The molecule has 0 bridgehead atoms. The molecule has 20 heavy (non-hydrogen) atoms. The fourth-order valence-corrected chi connectivity index (χ4v) is 2.75. The number of aromatic hydroxyl groups is 1. The van der Waals surface area contributed by atoms with Crippen molar-refractivity contribution in [2.45, 2.75) is 60.4 Å². The highest BCUT2D eigenvalue weighted by molar-refractivity contribution is 5.77. The molecule has 0 aliphatic heterocycles. The molecule has 0 fully saturated rings. The van der Waals surface area contributed by atoms with E-state index in [-0.39, 0.29) is 5.41 Å². The Kier molecular flexibility index (Phi) is 4.52. The number of hydrogen-bond acceptors (Lipinski definition) is 2. The molecule has 1 rings (SSSR count). The monoisotopic (exact) mass is 277 g/mol. The van der Waals surface area contributed by atoms with Crippen molar-refractivity contribution in [3.8, 4) is 5.75 Å². The average Bonchev–Trinajstić information content (AvgIpc) is 2.22. The third-order valence-electron chi connectivity index (χ3n) is 3.34. The fourth-order valence-electron chi connectivity index (χ4n) is 2.75. The second-order valence-electron chi connectivity index (χ2n) is 7.51. The van der Waals surface area contributed by atoms with E-state index in [1.807, 2.05) is 39.8 Å². The van der Waals surface area contributed by atoms with E-state index in [2.05, 4.69) is 20.8 Å². The number of benzene rings is 1. The maximum absolute atomic E-state index is 12.4. The third-order valence-corrected chi connectivity index (χ3v) is 3.34. The first kappa shape index (κ1) is 16.5. The molecule has 0 aromatic heterocycles. The number of rotatable bonds is 3. The smallest absolute Gasteiger partial charge is 0.182 e. The highest BCUT2D eigenvalue weighted by atomic mass is 16.5. The van der Waals surface area contributed by atoms with Crippen LogP contribution in [-0.4, -0.2) is 21.6 Å². The standard InChI is InChI=1S/C17H27NO2/c1-12-8-14(9-13(2)15(12)19)10-18(20)17(6,7)11-16(3,4)5/h8-10,19H,11H2,1-7H3/b18-10-. The van der Waals surface area contributed by atoms with Crippen molar-refractivity contribution in [2.75, 3.05) is 0 Å². The molecule has 0 radical (unpaired) electrons. The Labute approximate surface area is 122 Å². The zero-order valence-electron chi connectivity index (χ0n) is 13.7. The Morgan fingerprint density at radius 2 is 1.55 bits per heavy atom. The zero-order valence-corrected chi connectivity index (χ0v) is 13.7. The Bertz CT molecular complexity index is 499. The van der Waals surface area contributed by atoms with Crippen molar-refractivity contribution < 1.29 is 9.85 Å². The number of hydroxylamine groups is 1. The molecule has 1 aromatic rings. The summed E-state index contributed by atoms with van der Waals surface area (Å²) in [5.41, 5.74) is 2.05. The number of phenolic OH excluding ortho intramolecular Hbond substituents is 1. The van der Waals surface area contributed by atoms with E-state index in [0.717, 1.165) is 27.9 Å². The van der Waals surface area contributed by atoms with Gasteiger partial charge in [-0.15, -0.1) is 0 Å². The molecule has 0 heterocycles. The topological polar surface area (TPSA) is 46.3 Å². The quantitative estimate of drug-likeness (QED) is 0.390. The predicted octanol–water partition coefficient (Wildman–Crippen LogP) is 4.15. The number of nitrogens with zero attached hydrogens (tertiary/aromatic N) is 1. The lowest BCUT2D eigenvalue weighted by Gasteiger charge is -2.30. The van der Waals surface area contributed by atoms with Gasteiger partial charge in [-0.2, -0.15) is 0 Å². The van der Waals surface area contributed by atoms with Crippen LogP contribution in [0.15, 0.2) is 12.1 Å². The zero-order chi connectivity index (χ0) is 15.7. The molecular weight excluding hydrogens is 250 g/mol. The largest absolute Gasteiger partial charge is 0.623 e. The molecule has 112 valence electrons. The summed E-state index contributed by atoms with van der Waals surface area (Å²) in [5, 5.41) is 22.2. The van der Waals surface area contributed by atoms with Gasteiger partial charge in [-0.1, -0.05) is 20.8 Å². The van der Waals surface area contributed by atoms with Gasteiger partial charge in [-0.3, -0.25) is 0 Å². The van der Waals surface area contributed by atoms with Crippen molar-refractivity contribution in [1.82, 2.24) is 0 Å². The van der Waals surface area contributed by atoms with Crippen LogP contribution in [0.4, 0.5) is 0 Å². The minimum Gasteiger partial charge on any atom is -0.623 e. The molecule has 0 aliphatic carbocycles. The molecule has 1 aromatic carbocycles. The summed E-state index contributed by atoms with van der Waals surface area (Å²) in [5.74, 6) is 0.300. The van der Waals surface area contributed by atoms with Gasteiger partial charge in [0, 0.05) is 25.8 Å². The van der Waals surface area contributed by atoms with Crippen LogP contribution >= 0.6 is 0 Å². The van der Waals surface area contributed by atoms with Gasteiger partial charge in [0.25, 0.3) is 0 Å². The van der Waals surface area contributed by atoms with Gasteiger partial charge in [0.1, 0.15) is 5.75 Å². The molecule has 0 atom stereocenters. The average molecular weight is 277 g/mol. The van der Waals surface area contributed by atoms with E-state index in [9.17, 15) is 10.3 Å². The van der Waals surface area contributed by atoms with Crippen molar-refractivity contribution in [3.05, 3.63) is 34.0 Å². The van der Waals surface area contributed by atoms with Gasteiger partial charge in [-0.25, -0.2) is 4.74 Å². The Balaban J connectivity index is 3.10. The van der Waals surface area contributed by atoms with Gasteiger partial charge in [0.2, 0.25) is 0 Å². The van der Waals surface area contributed by atoms with E-state index >= 15 is 0 Å². The van der Waals surface area contributed by atoms with Crippen LogP contribution in [0, 0.1) is 24.5 Å². The van der Waals surface area contributed by atoms with E-state index in [1.54, 1.807) is 6.21 Å². The second-order valence-corrected chi connectivity index (χ2v) is 7.51. The minimum absolute atomic E-state index is 0.0980. The lowest BCUT2D eigenvalue weighted by atomic mass is 9.82. The van der Waals surface area contributed by atoms with Crippen LogP contribution in [0.5, 0.6) is 5.75 Å². The number of phenols is 1. The van der Waals surface area contributed by atoms with Gasteiger partial charge in [0.15, 0.2) is 11.8 Å². The lowest BCUT2D eigenvalue weighted by molar-refractivity contribution is -0.540. The van der Waals surface area contributed by atoms with E-state index < -0.39 is 5.54 Å². The summed E-state index contributed by atoms with van der Waals surface area (Å²) in [7, 11) is 0. The highest BCUT2D eigenvalue weighted by Crippen LogP contribution is 2.29. The van der Waals surface area contributed by atoms with Crippen LogP contribution in [0.1, 0.15) is 57.7 Å². The van der Waals surface area contributed by atoms with Crippen molar-refractivity contribution >= 4 is 6.21 Å². The first-order chi connectivity index (χ1) is 8.92. The molecule has 0 spiro atoms. The highest BCUT2D eigenvalue weighted by Gasteiger charge is 2.32. The molecule has 0 unspecified atom stereocenters. The molecule has 0 amide bonds. The summed E-state index contributed by atoms with van der Waals surface area (Å²) in [6.07, 6.45) is 2.42. The molecule has 3 heteroatoms. The van der Waals surface area contributed by atoms with E-state index in [0.29, 0.717) is 5.75 Å². The first-order valence-corrected chi connectivity index (χ1v) is 7.04. The Morgan fingerprint density at radius 3 is 1.95 bits per heavy atom. The predicted molar refractivity (Wildman–Crippen MR) is 84.5 cm³/mol. The Hall–Kier alpha value is -1.51. The summed E-state index contributed by atoms with van der Waals surface area (Å²) >= 11 is 0. The summed E-state index contributed by atoms with van der Waals surface area (Å²) in [6.45, 7) is 14.0. The van der Waals surface area contributed by atoms with Crippen LogP contribution < -0.4 is 0 Å².